The average Bonchev–Trinajstić information content (AvgIpc) is 2.96. The summed E-state index contributed by atoms with van der Waals surface area (Å²) < 4.78 is 0. The molecule has 0 aromatic heterocycles. The molecule has 98 valence electrons. The van der Waals surface area contributed by atoms with Crippen LogP contribution in [0, 0.1) is 5.92 Å². The lowest BCUT2D eigenvalue weighted by Crippen LogP contribution is -2.33. The molecule has 1 fully saturated rings. The second-order valence-electron chi connectivity index (χ2n) is 5.29. The van der Waals surface area contributed by atoms with E-state index in [0.717, 1.165) is 19.0 Å². The second-order valence-corrected chi connectivity index (χ2v) is 6.58. The Morgan fingerprint density at radius 2 is 2.24 bits per heavy atom. The molecule has 1 saturated heterocycles. The zero-order chi connectivity index (χ0) is 12.1. The highest BCUT2D eigenvalue weighted by molar-refractivity contribution is 8.14. The summed E-state index contributed by atoms with van der Waals surface area (Å²) in [5.41, 5.74) is 0. The zero-order valence-corrected chi connectivity index (χ0v) is 11.9. The van der Waals surface area contributed by atoms with Crippen LogP contribution in [0.15, 0.2) is 4.99 Å². The summed E-state index contributed by atoms with van der Waals surface area (Å²) in [5, 5.41) is 5.39. The molecule has 17 heavy (non-hydrogen) atoms. The first-order valence-corrected chi connectivity index (χ1v) is 7.83. The summed E-state index contributed by atoms with van der Waals surface area (Å²) in [5.74, 6) is 0.720. The standard InChI is InChI=1S/C13H25N3S/c1-3-12-9-15-13(17-12)14-8-11(2)10-16-6-4-5-7-16/h11-12H,3-10H2,1-2H3,(H,14,15). The van der Waals surface area contributed by atoms with Crippen molar-refractivity contribution in [2.75, 3.05) is 32.7 Å². The fourth-order valence-electron chi connectivity index (χ4n) is 2.46. The second kappa shape index (κ2) is 6.64. The van der Waals surface area contributed by atoms with E-state index in [4.69, 9.17) is 0 Å². The van der Waals surface area contributed by atoms with E-state index in [1.165, 1.54) is 44.1 Å². The third-order valence-corrected chi connectivity index (χ3v) is 4.85. The number of nitrogens with zero attached hydrogens (tertiary/aromatic N) is 2. The third kappa shape index (κ3) is 4.18. The number of nitrogens with one attached hydrogen (secondary N) is 1. The third-order valence-electron chi connectivity index (χ3n) is 3.54. The summed E-state index contributed by atoms with van der Waals surface area (Å²) in [6.45, 7) is 10.5. The fraction of sp³-hybridized carbons (Fsp3) is 0.923. The molecule has 2 rings (SSSR count). The van der Waals surface area contributed by atoms with Crippen molar-refractivity contribution in [3.05, 3.63) is 0 Å². The van der Waals surface area contributed by atoms with Gasteiger partial charge in [-0.3, -0.25) is 4.99 Å². The highest BCUT2D eigenvalue weighted by atomic mass is 32.2. The van der Waals surface area contributed by atoms with Gasteiger partial charge in [-0.2, -0.15) is 0 Å². The highest BCUT2D eigenvalue weighted by Crippen LogP contribution is 2.22. The molecule has 2 aliphatic rings. The number of likely N-dealkylation sites (tertiary alicyclic amines) is 1. The minimum Gasteiger partial charge on any atom is -0.365 e. The maximum atomic E-state index is 4.55. The van der Waals surface area contributed by atoms with E-state index in [0.29, 0.717) is 5.25 Å². The number of hydrogen-bond donors (Lipinski definition) is 1. The minimum absolute atomic E-state index is 0.714. The molecule has 2 atom stereocenters. The zero-order valence-electron chi connectivity index (χ0n) is 11.1. The first kappa shape index (κ1) is 13.2. The van der Waals surface area contributed by atoms with Gasteiger partial charge in [0.05, 0.1) is 6.54 Å². The van der Waals surface area contributed by atoms with E-state index in [-0.39, 0.29) is 0 Å². The molecular formula is C13H25N3S. The van der Waals surface area contributed by atoms with Crippen LogP contribution in [0.4, 0.5) is 0 Å². The molecule has 0 spiro atoms. The molecule has 2 unspecified atom stereocenters. The quantitative estimate of drug-likeness (QED) is 0.816. The van der Waals surface area contributed by atoms with E-state index in [1.807, 2.05) is 11.8 Å². The van der Waals surface area contributed by atoms with Crippen LogP contribution < -0.4 is 5.32 Å². The maximum Gasteiger partial charge on any atom is 0.156 e. The van der Waals surface area contributed by atoms with Gasteiger partial charge < -0.3 is 10.2 Å². The molecule has 0 saturated carbocycles. The topological polar surface area (TPSA) is 27.6 Å². The van der Waals surface area contributed by atoms with E-state index >= 15 is 0 Å². The number of hydrogen-bond acceptors (Lipinski definition) is 4. The smallest absolute Gasteiger partial charge is 0.156 e. The Hall–Kier alpha value is -0.220. The molecule has 1 N–H and O–H groups in total. The summed E-state index contributed by atoms with van der Waals surface area (Å²) >= 11 is 1.92. The van der Waals surface area contributed by atoms with Crippen molar-refractivity contribution in [2.45, 2.75) is 38.4 Å². The van der Waals surface area contributed by atoms with Crippen LogP contribution in [0.25, 0.3) is 0 Å². The van der Waals surface area contributed by atoms with Crippen LogP contribution in [-0.4, -0.2) is 48.0 Å². The first-order chi connectivity index (χ1) is 8.28. The lowest BCUT2D eigenvalue weighted by Gasteiger charge is -2.20. The van der Waals surface area contributed by atoms with Gasteiger partial charge in [-0.25, -0.2) is 0 Å². The van der Waals surface area contributed by atoms with Crippen LogP contribution in [0.5, 0.6) is 0 Å². The van der Waals surface area contributed by atoms with Crippen molar-refractivity contribution in [1.82, 2.24) is 10.2 Å². The Morgan fingerprint density at radius 1 is 1.47 bits per heavy atom. The maximum absolute atomic E-state index is 4.55. The van der Waals surface area contributed by atoms with Gasteiger partial charge in [0.2, 0.25) is 0 Å². The Bertz CT molecular complexity index is 261. The average molecular weight is 255 g/mol. The summed E-state index contributed by atoms with van der Waals surface area (Å²) in [4.78, 5) is 7.13. The monoisotopic (exact) mass is 255 g/mol. The lowest BCUT2D eigenvalue weighted by atomic mass is 10.2. The molecule has 0 aromatic carbocycles. The molecule has 0 aromatic rings. The normalized spacial score (nSPS) is 27.2. The summed E-state index contributed by atoms with van der Waals surface area (Å²) in [6.07, 6.45) is 4.00. The molecule has 0 amide bonds. The Kier molecular flexibility index (Phi) is 5.16. The van der Waals surface area contributed by atoms with E-state index < -0.39 is 0 Å². The van der Waals surface area contributed by atoms with Crippen molar-refractivity contribution in [2.24, 2.45) is 10.9 Å². The van der Waals surface area contributed by atoms with Gasteiger partial charge in [0.25, 0.3) is 0 Å². The minimum atomic E-state index is 0.714. The molecule has 0 radical (unpaired) electrons. The van der Waals surface area contributed by atoms with Gasteiger partial charge in [0.1, 0.15) is 0 Å². The Balaban J connectivity index is 1.61. The van der Waals surface area contributed by atoms with Crippen LogP contribution in [0.3, 0.4) is 0 Å². The molecule has 0 aliphatic carbocycles. The fourth-order valence-corrected chi connectivity index (χ4v) is 3.41. The van der Waals surface area contributed by atoms with E-state index in [9.17, 15) is 0 Å². The van der Waals surface area contributed by atoms with E-state index in [1.54, 1.807) is 0 Å². The molecule has 0 bridgehead atoms. The Labute approximate surface area is 109 Å². The predicted octanol–water partition coefficient (Wildman–Crippen LogP) is 2.19. The number of aliphatic imine (C=N–C) groups is 1. The van der Waals surface area contributed by atoms with Crippen molar-refractivity contribution >= 4 is 16.9 Å². The summed E-state index contributed by atoms with van der Waals surface area (Å²) in [6, 6.07) is 0. The largest absolute Gasteiger partial charge is 0.365 e. The molecule has 2 heterocycles. The van der Waals surface area contributed by atoms with Crippen molar-refractivity contribution in [3.63, 3.8) is 0 Å². The summed E-state index contributed by atoms with van der Waals surface area (Å²) in [7, 11) is 0. The van der Waals surface area contributed by atoms with E-state index in [2.05, 4.69) is 29.1 Å². The van der Waals surface area contributed by atoms with Gasteiger partial charge in [0, 0.05) is 18.3 Å². The first-order valence-electron chi connectivity index (χ1n) is 6.95. The molecule has 2 aliphatic heterocycles. The number of rotatable bonds is 5. The van der Waals surface area contributed by atoms with Gasteiger partial charge in [-0.05, 0) is 38.3 Å². The SMILES string of the molecule is CCC1CN=C(NCC(C)CN2CCCC2)S1. The van der Waals surface area contributed by atoms with Gasteiger partial charge in [0.15, 0.2) is 5.17 Å². The van der Waals surface area contributed by atoms with Crippen molar-refractivity contribution < 1.29 is 0 Å². The lowest BCUT2D eigenvalue weighted by molar-refractivity contribution is 0.288. The van der Waals surface area contributed by atoms with Crippen LogP contribution in [-0.2, 0) is 0 Å². The molecule has 3 nitrogen and oxygen atoms in total. The number of thioether (sulfide) groups is 1. The van der Waals surface area contributed by atoms with Gasteiger partial charge in [-0.1, -0.05) is 25.6 Å². The van der Waals surface area contributed by atoms with Crippen LogP contribution in [0.1, 0.15) is 33.1 Å². The van der Waals surface area contributed by atoms with Crippen molar-refractivity contribution in [1.29, 1.82) is 0 Å². The predicted molar refractivity (Wildman–Crippen MR) is 76.8 cm³/mol. The highest BCUT2D eigenvalue weighted by Gasteiger charge is 2.19. The Morgan fingerprint density at radius 3 is 2.88 bits per heavy atom. The molecular weight excluding hydrogens is 230 g/mol. The van der Waals surface area contributed by atoms with Crippen LogP contribution >= 0.6 is 11.8 Å². The molecule has 4 heteroatoms. The van der Waals surface area contributed by atoms with Gasteiger partial charge in [-0.15, -0.1) is 0 Å². The van der Waals surface area contributed by atoms with Crippen LogP contribution in [0.2, 0.25) is 0 Å². The number of amidine groups is 1. The van der Waals surface area contributed by atoms with Crippen molar-refractivity contribution in [3.8, 4) is 0 Å². The van der Waals surface area contributed by atoms with Gasteiger partial charge >= 0.3 is 0 Å².